The molecule has 90 valence electrons. The molecule has 0 aromatic carbocycles. The van der Waals surface area contributed by atoms with Gasteiger partial charge in [-0.2, -0.15) is 108 Å². The van der Waals surface area contributed by atoms with Crippen LogP contribution in [0.5, 0.6) is 0 Å². The lowest BCUT2D eigenvalue weighted by atomic mass is 10.3. The molecular weight excluding hydrogens is 305 g/mol. The molecule has 12 heavy (non-hydrogen) atoms. The van der Waals surface area contributed by atoms with Gasteiger partial charge < -0.3 is 0 Å². The van der Waals surface area contributed by atoms with Crippen molar-refractivity contribution in [2.75, 3.05) is 0 Å². The molecule has 0 unspecified atom stereocenters. The Labute approximate surface area is 133 Å². The van der Waals surface area contributed by atoms with Crippen LogP contribution >= 0.6 is 108 Å². The van der Waals surface area contributed by atoms with Gasteiger partial charge in [0.15, 0.2) is 0 Å². The summed E-state index contributed by atoms with van der Waals surface area (Å²) in [5.74, 6) is 0.833. The van der Waals surface area contributed by atoms with Gasteiger partial charge in [0.25, 0.3) is 0 Å². The Balaban J connectivity index is -0.00000000161. The molecule has 0 aromatic heterocycles. The third-order valence-electron chi connectivity index (χ3n) is 0. The van der Waals surface area contributed by atoms with E-state index in [4.69, 9.17) is 0 Å². The number of rotatable bonds is 0. The molecule has 0 bridgehead atoms. The van der Waals surface area contributed by atoms with Gasteiger partial charge in [-0.05, 0) is 5.92 Å². The highest BCUT2D eigenvalue weighted by Crippen LogP contribution is 1.81. The first kappa shape index (κ1) is 83.8. The lowest BCUT2D eigenvalue weighted by Crippen LogP contribution is -1.66. The van der Waals surface area contributed by atoms with Crippen molar-refractivity contribution in [3.63, 3.8) is 0 Å². The van der Waals surface area contributed by atoms with Crippen molar-refractivity contribution < 1.29 is 0 Å². The van der Waals surface area contributed by atoms with Crippen LogP contribution in [0.15, 0.2) is 0 Å². The molecule has 0 aliphatic heterocycles. The summed E-state index contributed by atoms with van der Waals surface area (Å²) < 4.78 is 0. The monoisotopic (exact) mass is 330 g/mol. The topological polar surface area (TPSA) is 0 Å². The van der Waals surface area contributed by atoms with Gasteiger partial charge in [-0.15, -0.1) is 0 Å². The molecule has 0 saturated heterocycles. The molecule has 0 heterocycles. The summed E-state index contributed by atoms with van der Waals surface area (Å²) in [6.07, 6.45) is 0. The fourth-order valence-corrected chi connectivity index (χ4v) is 0. The zero-order valence-corrected chi connectivity index (χ0v) is 15.6. The summed E-state index contributed by atoms with van der Waals surface area (Å²) >= 11 is 0. The van der Waals surface area contributed by atoms with Crippen molar-refractivity contribution in [3.05, 3.63) is 0 Å². The van der Waals surface area contributed by atoms with Crippen LogP contribution in [0.2, 0.25) is 0 Å². The van der Waals surface area contributed by atoms with E-state index in [1.165, 1.54) is 0 Å². The second-order valence-electron chi connectivity index (χ2n) is 1.73. The minimum Gasteiger partial charge on any atom is -0.197 e. The van der Waals surface area contributed by atoms with E-state index in [-0.39, 0.29) is 108 Å². The number of hydrogen-bond donors (Lipinski definition) is 0. The minimum absolute atomic E-state index is 0. The van der Waals surface area contributed by atoms with Crippen LogP contribution in [-0.2, 0) is 0 Å². The van der Waals surface area contributed by atoms with Gasteiger partial charge in [-0.25, -0.2) is 0 Å². The molecule has 0 aliphatic carbocycles. The van der Waals surface area contributed by atoms with Crippen LogP contribution in [0.25, 0.3) is 0 Å². The molecule has 0 radical (unpaired) electrons. The molecule has 0 N–H and O–H groups in total. The summed E-state index contributed by atoms with van der Waals surface area (Å²) in [5.41, 5.74) is 0. The molecule has 0 nitrogen and oxygen atoms in total. The standard InChI is InChI=1S/C4H10.8H2S/c1-4(2)3;;;;;;;;/h4H,1-3H3;8*1H2. The van der Waals surface area contributed by atoms with Gasteiger partial charge >= 0.3 is 0 Å². The molecule has 0 rings (SSSR count). The van der Waals surface area contributed by atoms with Crippen molar-refractivity contribution >= 4 is 108 Å². The summed E-state index contributed by atoms with van der Waals surface area (Å²) in [5, 5.41) is 0. The highest BCUT2D eigenvalue weighted by Gasteiger charge is 1.68. The maximum Gasteiger partial charge on any atom is -0.0500 e. The van der Waals surface area contributed by atoms with Crippen molar-refractivity contribution in [1.29, 1.82) is 0 Å². The Morgan fingerprint density at radius 3 is 0.417 bits per heavy atom. The van der Waals surface area contributed by atoms with E-state index in [0.29, 0.717) is 0 Å². The molecule has 0 spiro atoms. The molecule has 0 amide bonds. The molecule has 0 atom stereocenters. The Hall–Kier alpha value is 2.80. The minimum atomic E-state index is 0. The van der Waals surface area contributed by atoms with E-state index in [1.54, 1.807) is 0 Å². The maximum absolute atomic E-state index is 2.17. The number of hydrogen-bond acceptors (Lipinski definition) is 0. The van der Waals surface area contributed by atoms with Gasteiger partial charge in [0.1, 0.15) is 0 Å². The van der Waals surface area contributed by atoms with Crippen LogP contribution in [0.4, 0.5) is 0 Å². The Morgan fingerprint density at radius 1 is 0.417 bits per heavy atom. The van der Waals surface area contributed by atoms with Crippen molar-refractivity contribution in [1.82, 2.24) is 0 Å². The largest absolute Gasteiger partial charge is 0.197 e. The molecular formula is C4H26S8. The van der Waals surface area contributed by atoms with Crippen molar-refractivity contribution in [2.45, 2.75) is 20.8 Å². The van der Waals surface area contributed by atoms with Gasteiger partial charge in [0, 0.05) is 0 Å². The summed E-state index contributed by atoms with van der Waals surface area (Å²) in [6.45, 7) is 6.50. The first-order chi connectivity index (χ1) is 1.73. The third kappa shape index (κ3) is 227. The van der Waals surface area contributed by atoms with Crippen LogP contribution < -0.4 is 0 Å². The Bertz CT molecular complexity index is 15.8. The molecule has 0 fully saturated rings. The van der Waals surface area contributed by atoms with Crippen molar-refractivity contribution in [3.8, 4) is 0 Å². The van der Waals surface area contributed by atoms with E-state index < -0.39 is 0 Å². The summed E-state index contributed by atoms with van der Waals surface area (Å²) in [7, 11) is 0. The van der Waals surface area contributed by atoms with E-state index in [1.807, 2.05) is 0 Å². The van der Waals surface area contributed by atoms with Gasteiger partial charge in [0.05, 0.1) is 0 Å². The summed E-state index contributed by atoms with van der Waals surface area (Å²) in [4.78, 5) is 0. The predicted octanol–water partition coefficient (Wildman–Crippen LogP) is 2.56. The highest BCUT2D eigenvalue weighted by atomic mass is 32.1. The second kappa shape index (κ2) is 67.2. The lowest BCUT2D eigenvalue weighted by molar-refractivity contribution is 0.737. The van der Waals surface area contributed by atoms with E-state index in [2.05, 4.69) is 20.8 Å². The smallest absolute Gasteiger partial charge is 0.0500 e. The van der Waals surface area contributed by atoms with Gasteiger partial charge in [-0.1, -0.05) is 20.8 Å². The van der Waals surface area contributed by atoms with Gasteiger partial charge in [0.2, 0.25) is 0 Å². The first-order valence-corrected chi connectivity index (χ1v) is 1.73. The average molecular weight is 331 g/mol. The van der Waals surface area contributed by atoms with E-state index in [0.717, 1.165) is 5.92 Å². The van der Waals surface area contributed by atoms with Crippen LogP contribution in [0.1, 0.15) is 20.8 Å². The molecule has 0 saturated carbocycles. The maximum atomic E-state index is 2.17. The second-order valence-corrected chi connectivity index (χ2v) is 1.73. The Kier molecular flexibility index (Phi) is 469. The average Bonchev–Trinajstić information content (AvgIpc) is 0.811. The third-order valence-corrected chi connectivity index (χ3v) is 0. The zero-order chi connectivity index (χ0) is 3.58. The fourth-order valence-electron chi connectivity index (χ4n) is 0. The lowest BCUT2D eigenvalue weighted by Gasteiger charge is -1.79. The summed E-state index contributed by atoms with van der Waals surface area (Å²) in [6, 6.07) is 0. The molecule has 8 heteroatoms. The van der Waals surface area contributed by atoms with E-state index >= 15 is 0 Å². The zero-order valence-electron chi connectivity index (χ0n) is 7.58. The fraction of sp³-hybridized carbons (Fsp3) is 1.00. The normalized spacial score (nSPS) is 3.00. The highest BCUT2D eigenvalue weighted by molar-refractivity contribution is 7.60. The van der Waals surface area contributed by atoms with Crippen LogP contribution in [0.3, 0.4) is 0 Å². The quantitative estimate of drug-likeness (QED) is 0.640. The van der Waals surface area contributed by atoms with E-state index in [9.17, 15) is 0 Å². The van der Waals surface area contributed by atoms with Gasteiger partial charge in [-0.3, -0.25) is 0 Å². The van der Waals surface area contributed by atoms with Crippen LogP contribution in [0, 0.1) is 5.92 Å². The Morgan fingerprint density at radius 2 is 0.417 bits per heavy atom. The van der Waals surface area contributed by atoms with Crippen molar-refractivity contribution in [2.24, 2.45) is 5.92 Å². The predicted molar refractivity (Wildman–Crippen MR) is 104 cm³/mol. The molecule has 0 aromatic rings. The first-order valence-electron chi connectivity index (χ1n) is 1.73. The molecule has 0 aliphatic rings. The van der Waals surface area contributed by atoms with Crippen LogP contribution in [-0.4, -0.2) is 0 Å². The SMILES string of the molecule is CC(C)C.S.S.S.S.S.S.S.S.